The van der Waals surface area contributed by atoms with E-state index in [4.69, 9.17) is 0 Å². The predicted octanol–water partition coefficient (Wildman–Crippen LogP) is 1.39. The number of hydrogen-bond acceptors (Lipinski definition) is 5. The van der Waals surface area contributed by atoms with Gasteiger partial charge < -0.3 is 10.1 Å². The van der Waals surface area contributed by atoms with Gasteiger partial charge in [0.15, 0.2) is 12.3 Å². The molecule has 11 heteroatoms. The van der Waals surface area contributed by atoms with E-state index in [2.05, 4.69) is 20.1 Å². The van der Waals surface area contributed by atoms with Gasteiger partial charge in [0, 0.05) is 13.6 Å². The van der Waals surface area contributed by atoms with E-state index in [0.717, 1.165) is 0 Å². The van der Waals surface area contributed by atoms with Gasteiger partial charge in [-0.1, -0.05) is 12.1 Å². The van der Waals surface area contributed by atoms with Gasteiger partial charge in [-0.15, -0.1) is 0 Å². The lowest BCUT2D eigenvalue weighted by molar-refractivity contribution is -0.153. The average molecular weight is 395 g/mol. The number of hydrogen-bond donors (Lipinski definition) is 1. The normalized spacial score (nSPS) is 11.6. The first-order valence-corrected chi connectivity index (χ1v) is 8.15. The van der Waals surface area contributed by atoms with Crippen molar-refractivity contribution in [3.05, 3.63) is 52.7 Å². The van der Waals surface area contributed by atoms with Crippen LogP contribution in [0.15, 0.2) is 41.6 Å². The summed E-state index contributed by atoms with van der Waals surface area (Å²) in [5.74, 6) is -0.334. The van der Waals surface area contributed by atoms with Gasteiger partial charge in [0.25, 0.3) is 5.56 Å². The highest BCUT2D eigenvalue weighted by Crippen LogP contribution is 2.18. The number of nitrogens with zero attached hydrogens (tertiary/aromatic N) is 4. The van der Waals surface area contributed by atoms with E-state index in [9.17, 15) is 22.8 Å². The van der Waals surface area contributed by atoms with Gasteiger partial charge in [-0.05, 0) is 17.7 Å². The molecule has 2 heterocycles. The SMILES string of the molecule is Cn1ncc2c(=O)n(CC(=O)NCc3ccc(OCC(F)(F)F)cc3)cnc21. The van der Waals surface area contributed by atoms with E-state index in [0.29, 0.717) is 16.6 Å². The summed E-state index contributed by atoms with van der Waals surface area (Å²) < 4.78 is 43.6. The van der Waals surface area contributed by atoms with Gasteiger partial charge in [0.05, 0.1) is 6.20 Å². The Kier molecular flexibility index (Phi) is 5.34. The Bertz CT molecular complexity index is 1040. The number of halogens is 3. The molecule has 0 atom stereocenters. The highest BCUT2D eigenvalue weighted by molar-refractivity contribution is 5.77. The minimum Gasteiger partial charge on any atom is -0.484 e. The fourth-order valence-corrected chi connectivity index (χ4v) is 2.46. The van der Waals surface area contributed by atoms with Crippen LogP contribution in [-0.4, -0.2) is 38.0 Å². The molecule has 148 valence electrons. The number of amides is 1. The minimum absolute atomic E-state index is 0.0785. The molecule has 0 aliphatic rings. The number of nitrogens with one attached hydrogen (secondary N) is 1. The summed E-state index contributed by atoms with van der Waals surface area (Å²) in [5.41, 5.74) is 0.717. The van der Waals surface area contributed by atoms with Crippen LogP contribution >= 0.6 is 0 Å². The zero-order valence-corrected chi connectivity index (χ0v) is 14.7. The van der Waals surface area contributed by atoms with Crippen molar-refractivity contribution < 1.29 is 22.7 Å². The first-order chi connectivity index (χ1) is 13.2. The van der Waals surface area contributed by atoms with Crippen molar-refractivity contribution >= 4 is 16.9 Å². The molecular formula is C17H16F3N5O3. The van der Waals surface area contributed by atoms with Crippen LogP contribution in [0.2, 0.25) is 0 Å². The molecule has 1 aromatic carbocycles. The number of aryl methyl sites for hydroxylation is 1. The molecule has 0 saturated carbocycles. The molecule has 8 nitrogen and oxygen atoms in total. The zero-order chi connectivity index (χ0) is 20.3. The molecule has 1 amide bonds. The quantitative estimate of drug-likeness (QED) is 0.681. The molecule has 0 saturated heterocycles. The molecule has 0 aliphatic carbocycles. The van der Waals surface area contributed by atoms with Crippen LogP contribution in [0.4, 0.5) is 13.2 Å². The molecule has 0 spiro atoms. The number of benzene rings is 1. The molecule has 3 rings (SSSR count). The van der Waals surface area contributed by atoms with E-state index in [1.165, 1.54) is 33.9 Å². The second-order valence-electron chi connectivity index (χ2n) is 6.01. The number of rotatable bonds is 6. The Morgan fingerprint density at radius 1 is 1.25 bits per heavy atom. The van der Waals surface area contributed by atoms with Crippen molar-refractivity contribution in [2.45, 2.75) is 19.3 Å². The number of carbonyl (C=O) groups excluding carboxylic acids is 1. The Morgan fingerprint density at radius 2 is 1.96 bits per heavy atom. The maximum Gasteiger partial charge on any atom is 0.422 e. The zero-order valence-electron chi connectivity index (χ0n) is 14.7. The lowest BCUT2D eigenvalue weighted by atomic mass is 10.2. The number of fused-ring (bicyclic) bond motifs is 1. The minimum atomic E-state index is -4.40. The van der Waals surface area contributed by atoms with Gasteiger partial charge in [-0.25, -0.2) is 4.98 Å². The van der Waals surface area contributed by atoms with Crippen molar-refractivity contribution in [1.29, 1.82) is 0 Å². The first-order valence-electron chi connectivity index (χ1n) is 8.15. The standard InChI is InChI=1S/C17H16F3N5O3/c1-24-15-13(7-23-24)16(27)25(10-22-15)8-14(26)21-6-11-2-4-12(5-3-11)28-9-17(18,19)20/h2-5,7,10H,6,8-9H2,1H3,(H,21,26). The Hall–Kier alpha value is -3.37. The summed E-state index contributed by atoms with van der Waals surface area (Å²) in [5, 5.41) is 6.90. The Morgan fingerprint density at radius 3 is 2.64 bits per heavy atom. The summed E-state index contributed by atoms with van der Waals surface area (Å²) in [6.07, 6.45) is -1.74. The fourth-order valence-electron chi connectivity index (χ4n) is 2.46. The fraction of sp³-hybridized carbons (Fsp3) is 0.294. The molecule has 2 aromatic heterocycles. The van der Waals surface area contributed by atoms with Crippen LogP contribution < -0.4 is 15.6 Å². The molecule has 0 aliphatic heterocycles. The van der Waals surface area contributed by atoms with Crippen molar-refractivity contribution in [3.8, 4) is 5.75 Å². The van der Waals surface area contributed by atoms with Gasteiger partial charge >= 0.3 is 6.18 Å². The molecular weight excluding hydrogens is 379 g/mol. The number of ether oxygens (including phenoxy) is 1. The van der Waals surface area contributed by atoms with E-state index in [-0.39, 0.29) is 24.4 Å². The van der Waals surface area contributed by atoms with E-state index in [1.54, 1.807) is 19.2 Å². The van der Waals surface area contributed by atoms with E-state index < -0.39 is 18.7 Å². The molecule has 0 fully saturated rings. The van der Waals surface area contributed by atoms with Crippen LogP contribution in [0.3, 0.4) is 0 Å². The number of aromatic nitrogens is 4. The summed E-state index contributed by atoms with van der Waals surface area (Å²) in [4.78, 5) is 28.5. The number of alkyl halides is 3. The highest BCUT2D eigenvalue weighted by Gasteiger charge is 2.28. The van der Waals surface area contributed by atoms with Crippen LogP contribution in [0, 0.1) is 0 Å². The van der Waals surface area contributed by atoms with Crippen molar-refractivity contribution in [2.75, 3.05) is 6.61 Å². The second kappa shape index (κ2) is 7.71. The summed E-state index contributed by atoms with van der Waals surface area (Å²) >= 11 is 0. The van der Waals surface area contributed by atoms with E-state index >= 15 is 0 Å². The molecule has 0 bridgehead atoms. The molecule has 28 heavy (non-hydrogen) atoms. The molecule has 1 N–H and O–H groups in total. The maximum absolute atomic E-state index is 12.3. The van der Waals surface area contributed by atoms with Crippen LogP contribution in [0.25, 0.3) is 11.0 Å². The van der Waals surface area contributed by atoms with Gasteiger partial charge in [-0.2, -0.15) is 18.3 Å². The average Bonchev–Trinajstić information content (AvgIpc) is 3.02. The third-order valence-corrected chi connectivity index (χ3v) is 3.85. The monoisotopic (exact) mass is 395 g/mol. The summed E-state index contributed by atoms with van der Waals surface area (Å²) in [6.45, 7) is -1.44. The van der Waals surface area contributed by atoms with Crippen molar-refractivity contribution in [2.24, 2.45) is 7.05 Å². The third kappa shape index (κ3) is 4.67. The Balaban J connectivity index is 1.56. The summed E-state index contributed by atoms with van der Waals surface area (Å²) in [7, 11) is 1.66. The highest BCUT2D eigenvalue weighted by atomic mass is 19.4. The van der Waals surface area contributed by atoms with Gasteiger partial charge in [0.1, 0.15) is 24.0 Å². The lowest BCUT2D eigenvalue weighted by Crippen LogP contribution is -2.32. The van der Waals surface area contributed by atoms with Gasteiger partial charge in [0.2, 0.25) is 5.91 Å². The molecule has 0 radical (unpaired) electrons. The van der Waals surface area contributed by atoms with Crippen molar-refractivity contribution in [3.63, 3.8) is 0 Å². The second-order valence-corrected chi connectivity index (χ2v) is 6.01. The van der Waals surface area contributed by atoms with Gasteiger partial charge in [-0.3, -0.25) is 18.8 Å². The largest absolute Gasteiger partial charge is 0.484 e. The van der Waals surface area contributed by atoms with Crippen LogP contribution in [0.5, 0.6) is 5.75 Å². The maximum atomic E-state index is 12.3. The van der Waals surface area contributed by atoms with Crippen LogP contribution in [0.1, 0.15) is 5.56 Å². The third-order valence-electron chi connectivity index (χ3n) is 3.85. The smallest absolute Gasteiger partial charge is 0.422 e. The van der Waals surface area contributed by atoms with Crippen molar-refractivity contribution in [1.82, 2.24) is 24.6 Å². The van der Waals surface area contributed by atoms with Crippen LogP contribution in [-0.2, 0) is 24.9 Å². The Labute approximate surface area is 156 Å². The first kappa shape index (κ1) is 19.4. The van der Waals surface area contributed by atoms with E-state index in [1.807, 2.05) is 0 Å². The molecule has 0 unspecified atom stereocenters. The summed E-state index contributed by atoms with van der Waals surface area (Å²) in [6, 6.07) is 5.86. The lowest BCUT2D eigenvalue weighted by Gasteiger charge is -2.10. The topological polar surface area (TPSA) is 91.0 Å². The molecule has 3 aromatic rings. The predicted molar refractivity (Wildman–Crippen MR) is 92.6 cm³/mol. The number of carbonyl (C=O) groups is 1.